The van der Waals surface area contributed by atoms with Crippen molar-refractivity contribution in [3.05, 3.63) is 35.9 Å². The number of fused-ring (bicyclic) bond motifs is 1. The average Bonchev–Trinajstić information content (AvgIpc) is 3.07. The van der Waals surface area contributed by atoms with Crippen LogP contribution in [0, 0.1) is 28.6 Å². The lowest BCUT2D eigenvalue weighted by Crippen LogP contribution is -2.49. The zero-order valence-corrected chi connectivity index (χ0v) is 16.2. The molecule has 0 spiro atoms. The van der Waals surface area contributed by atoms with Crippen LogP contribution in [0.25, 0.3) is 0 Å². The summed E-state index contributed by atoms with van der Waals surface area (Å²) in [7, 11) is 0. The van der Waals surface area contributed by atoms with Crippen molar-refractivity contribution >= 4 is 5.91 Å². The lowest BCUT2D eigenvalue weighted by atomic mass is 9.61. The normalized spacial score (nSPS) is 21.7. The van der Waals surface area contributed by atoms with Gasteiger partial charge in [-0.1, -0.05) is 13.8 Å². The van der Waals surface area contributed by atoms with Crippen molar-refractivity contribution in [3.8, 4) is 11.8 Å². The maximum Gasteiger partial charge on any atom is 0.228 e. The highest BCUT2D eigenvalue weighted by Gasteiger charge is 2.46. The first-order valence-electron chi connectivity index (χ1n) is 9.62. The molecule has 0 aromatic carbocycles. The highest BCUT2D eigenvalue weighted by molar-refractivity contribution is 5.82. The number of amides is 1. The van der Waals surface area contributed by atoms with Gasteiger partial charge in [-0.25, -0.2) is 0 Å². The Bertz CT molecular complexity index is 896. The second kappa shape index (κ2) is 7.23. The van der Waals surface area contributed by atoms with E-state index in [-0.39, 0.29) is 5.91 Å². The van der Waals surface area contributed by atoms with Gasteiger partial charge in [-0.3, -0.25) is 9.78 Å². The van der Waals surface area contributed by atoms with Crippen molar-refractivity contribution in [2.45, 2.75) is 39.8 Å². The van der Waals surface area contributed by atoms with E-state index in [2.05, 4.69) is 21.3 Å². The lowest BCUT2D eigenvalue weighted by molar-refractivity contribution is -0.147. The van der Waals surface area contributed by atoms with Gasteiger partial charge in [0, 0.05) is 23.4 Å². The van der Waals surface area contributed by atoms with Crippen molar-refractivity contribution in [1.82, 2.24) is 24.9 Å². The second-order valence-corrected chi connectivity index (χ2v) is 8.20. The highest BCUT2D eigenvalue weighted by Crippen LogP contribution is 2.47. The number of rotatable bonds is 4. The quantitative estimate of drug-likeness (QED) is 0.805. The smallest absolute Gasteiger partial charge is 0.228 e. The summed E-state index contributed by atoms with van der Waals surface area (Å²) in [6.45, 7) is 6.20. The number of hydrogen-bond donors (Lipinski definition) is 0. The first-order chi connectivity index (χ1) is 13.5. The molecule has 8 heteroatoms. The SMILES string of the molecule is CC(C)(C(=O)N1CCOc2c(C#N)cncc2C1)C1CC(Cn2nccn2)C1. The molecule has 1 aliphatic heterocycles. The summed E-state index contributed by atoms with van der Waals surface area (Å²) in [5, 5.41) is 17.6. The summed E-state index contributed by atoms with van der Waals surface area (Å²) in [6.07, 6.45) is 8.57. The van der Waals surface area contributed by atoms with Gasteiger partial charge in [-0.2, -0.15) is 20.3 Å². The van der Waals surface area contributed by atoms with Crippen LogP contribution < -0.4 is 4.74 Å². The summed E-state index contributed by atoms with van der Waals surface area (Å²) in [4.78, 5) is 21.0. The molecule has 1 saturated carbocycles. The number of carbonyl (C=O) groups excluding carboxylic acids is 1. The minimum absolute atomic E-state index is 0.131. The third-order valence-electron chi connectivity index (χ3n) is 6.04. The Balaban J connectivity index is 1.42. The summed E-state index contributed by atoms with van der Waals surface area (Å²) in [6, 6.07) is 2.11. The van der Waals surface area contributed by atoms with Gasteiger partial charge in [0.15, 0.2) is 0 Å². The molecule has 0 N–H and O–H groups in total. The van der Waals surface area contributed by atoms with Gasteiger partial charge in [0.05, 0.1) is 32.0 Å². The third kappa shape index (κ3) is 3.33. The van der Waals surface area contributed by atoms with Crippen LogP contribution in [-0.4, -0.2) is 43.9 Å². The molecule has 146 valence electrons. The largest absolute Gasteiger partial charge is 0.490 e. The number of pyridine rings is 1. The van der Waals surface area contributed by atoms with Gasteiger partial charge in [-0.15, -0.1) is 0 Å². The number of nitriles is 1. The Morgan fingerprint density at radius 3 is 2.79 bits per heavy atom. The first-order valence-corrected chi connectivity index (χ1v) is 9.62. The van der Waals surface area contributed by atoms with Crippen LogP contribution in [0.5, 0.6) is 5.75 Å². The molecule has 3 heterocycles. The number of hydrogen-bond acceptors (Lipinski definition) is 6. The summed E-state index contributed by atoms with van der Waals surface area (Å²) >= 11 is 0. The molecular weight excluding hydrogens is 356 g/mol. The molecule has 0 unspecified atom stereocenters. The number of aromatic nitrogens is 4. The Morgan fingerprint density at radius 1 is 1.32 bits per heavy atom. The van der Waals surface area contributed by atoms with E-state index in [1.54, 1.807) is 23.4 Å². The van der Waals surface area contributed by atoms with Crippen LogP contribution in [0.2, 0.25) is 0 Å². The van der Waals surface area contributed by atoms with Crippen molar-refractivity contribution in [2.75, 3.05) is 13.2 Å². The Hall–Kier alpha value is -2.95. The third-order valence-corrected chi connectivity index (χ3v) is 6.04. The van der Waals surface area contributed by atoms with Crippen molar-refractivity contribution in [1.29, 1.82) is 5.26 Å². The monoisotopic (exact) mass is 380 g/mol. The molecule has 0 saturated heterocycles. The zero-order valence-electron chi connectivity index (χ0n) is 16.2. The number of ether oxygens (including phenoxy) is 1. The minimum atomic E-state index is -0.446. The predicted molar refractivity (Wildman–Crippen MR) is 99.9 cm³/mol. The topological polar surface area (TPSA) is 96.9 Å². The minimum Gasteiger partial charge on any atom is -0.490 e. The summed E-state index contributed by atoms with van der Waals surface area (Å²) in [5.74, 6) is 1.54. The van der Waals surface area contributed by atoms with E-state index in [1.807, 2.05) is 18.7 Å². The van der Waals surface area contributed by atoms with Crippen molar-refractivity contribution < 1.29 is 9.53 Å². The zero-order chi connectivity index (χ0) is 19.7. The number of carbonyl (C=O) groups is 1. The second-order valence-electron chi connectivity index (χ2n) is 8.20. The van der Waals surface area contributed by atoms with Crippen molar-refractivity contribution in [3.63, 3.8) is 0 Å². The Kier molecular flexibility index (Phi) is 4.75. The predicted octanol–water partition coefficient (Wildman–Crippen LogP) is 2.02. The van der Waals surface area contributed by atoms with Gasteiger partial charge < -0.3 is 9.64 Å². The molecule has 2 aromatic rings. The van der Waals surface area contributed by atoms with Crippen molar-refractivity contribution in [2.24, 2.45) is 17.3 Å². The molecule has 1 aliphatic carbocycles. The van der Waals surface area contributed by atoms with E-state index in [0.717, 1.165) is 24.9 Å². The average molecular weight is 380 g/mol. The molecule has 0 atom stereocenters. The highest BCUT2D eigenvalue weighted by atomic mass is 16.5. The van der Waals surface area contributed by atoms with E-state index < -0.39 is 5.41 Å². The Morgan fingerprint density at radius 2 is 2.07 bits per heavy atom. The van der Waals surface area contributed by atoms with Crippen LogP contribution in [0.1, 0.15) is 37.8 Å². The lowest BCUT2D eigenvalue weighted by Gasteiger charge is -2.45. The fourth-order valence-corrected chi connectivity index (χ4v) is 4.20. The van der Waals surface area contributed by atoms with E-state index in [0.29, 0.717) is 42.8 Å². The first kappa shape index (κ1) is 18.4. The summed E-state index contributed by atoms with van der Waals surface area (Å²) < 4.78 is 5.77. The molecule has 1 fully saturated rings. The van der Waals surface area contributed by atoms with E-state index in [9.17, 15) is 10.1 Å². The fourth-order valence-electron chi connectivity index (χ4n) is 4.20. The Labute approximate surface area is 164 Å². The maximum absolute atomic E-state index is 13.3. The molecule has 4 rings (SSSR count). The molecule has 2 aliphatic rings. The molecule has 8 nitrogen and oxygen atoms in total. The van der Waals surface area contributed by atoms with Crippen LogP contribution in [0.3, 0.4) is 0 Å². The molecule has 28 heavy (non-hydrogen) atoms. The molecule has 2 aromatic heterocycles. The van der Waals surface area contributed by atoms with E-state index in [4.69, 9.17) is 4.74 Å². The number of nitrogens with zero attached hydrogens (tertiary/aromatic N) is 6. The van der Waals surface area contributed by atoms with Gasteiger partial charge in [-0.05, 0) is 24.7 Å². The molecular formula is C20H24N6O2. The van der Waals surface area contributed by atoms with E-state index >= 15 is 0 Å². The standard InChI is InChI=1S/C20H24N6O2/c1-20(2,17-7-14(8-17)12-26-23-3-4-24-26)19(27)25-5-6-28-18-15(9-21)10-22-11-16(18)13-25/h3-4,10-11,14,17H,5-8,12-13H2,1-2H3. The van der Waals surface area contributed by atoms with Gasteiger partial charge in [0.1, 0.15) is 24.0 Å². The van der Waals surface area contributed by atoms with Gasteiger partial charge >= 0.3 is 0 Å². The molecule has 1 amide bonds. The molecule has 0 bridgehead atoms. The van der Waals surface area contributed by atoms with Crippen LogP contribution in [0.4, 0.5) is 0 Å². The van der Waals surface area contributed by atoms with Crippen LogP contribution >= 0.6 is 0 Å². The molecule has 0 radical (unpaired) electrons. The van der Waals surface area contributed by atoms with Gasteiger partial charge in [0.2, 0.25) is 5.91 Å². The fraction of sp³-hybridized carbons (Fsp3) is 0.550. The van der Waals surface area contributed by atoms with Crippen LogP contribution in [0.15, 0.2) is 24.8 Å². The van der Waals surface area contributed by atoms with Crippen LogP contribution in [-0.2, 0) is 17.9 Å². The van der Waals surface area contributed by atoms with Gasteiger partial charge in [0.25, 0.3) is 0 Å². The summed E-state index contributed by atoms with van der Waals surface area (Å²) in [5.41, 5.74) is 0.760. The van der Waals surface area contributed by atoms with E-state index in [1.165, 1.54) is 6.20 Å². The maximum atomic E-state index is 13.3.